The highest BCUT2D eigenvalue weighted by atomic mass is 35.5. The molecule has 9 nitrogen and oxygen atoms in total. The van der Waals surface area contributed by atoms with E-state index in [4.69, 9.17) is 4.98 Å². The number of fused-ring (bicyclic) bond motifs is 4. The molecule has 0 fully saturated rings. The fourth-order valence-electron chi connectivity index (χ4n) is 6.30. The molecule has 0 saturated carbocycles. The molecule has 256 valence electrons. The van der Waals surface area contributed by atoms with Crippen LogP contribution in [0.4, 0.5) is 0 Å². The number of aryl methyl sites for hydroxylation is 2. The molecular formula is C41H37ClN6O3. The third-order valence-electron chi connectivity index (χ3n) is 9.07. The van der Waals surface area contributed by atoms with Gasteiger partial charge in [-0.05, 0) is 97.7 Å². The van der Waals surface area contributed by atoms with Gasteiger partial charge in [0.05, 0.1) is 34.0 Å². The van der Waals surface area contributed by atoms with E-state index in [0.717, 1.165) is 53.4 Å². The minimum absolute atomic E-state index is 0. The molecule has 1 unspecified atom stereocenters. The number of hydrogen-bond acceptors (Lipinski definition) is 7. The lowest BCUT2D eigenvalue weighted by molar-refractivity contribution is 0.0199. The Labute approximate surface area is 301 Å². The average molecular weight is 697 g/mol. The van der Waals surface area contributed by atoms with Crippen molar-refractivity contribution in [3.05, 3.63) is 140 Å². The second-order valence-electron chi connectivity index (χ2n) is 13.9. The van der Waals surface area contributed by atoms with Crippen molar-refractivity contribution in [2.75, 3.05) is 0 Å². The molecule has 0 radical (unpaired) electrons. The van der Waals surface area contributed by atoms with Gasteiger partial charge >= 0.3 is 0 Å². The summed E-state index contributed by atoms with van der Waals surface area (Å²) in [7, 11) is 0. The zero-order valence-electron chi connectivity index (χ0n) is 28.7. The minimum Gasteiger partial charge on any atom is -0.388 e. The Bertz CT molecular complexity index is 2330. The Balaban J connectivity index is 0.000000172. The zero-order chi connectivity index (χ0) is 34.9. The predicted octanol–water partition coefficient (Wildman–Crippen LogP) is 5.47. The van der Waals surface area contributed by atoms with E-state index < -0.39 is 5.60 Å². The molecule has 6 heterocycles. The number of aromatic nitrogens is 6. The van der Waals surface area contributed by atoms with Crippen LogP contribution in [0.5, 0.6) is 0 Å². The third kappa shape index (κ3) is 7.91. The van der Waals surface area contributed by atoms with Gasteiger partial charge in [0.2, 0.25) is 0 Å². The first-order chi connectivity index (χ1) is 24.0. The molecule has 0 saturated heterocycles. The third-order valence-corrected chi connectivity index (χ3v) is 9.07. The van der Waals surface area contributed by atoms with Crippen molar-refractivity contribution in [3.63, 3.8) is 0 Å². The summed E-state index contributed by atoms with van der Waals surface area (Å²) in [6.45, 7) is 7.16. The Kier molecular flexibility index (Phi) is 9.89. The first-order valence-electron chi connectivity index (χ1n) is 16.7. The van der Waals surface area contributed by atoms with Crippen molar-refractivity contribution in [1.82, 2.24) is 29.1 Å². The molecule has 0 bridgehead atoms. The van der Waals surface area contributed by atoms with E-state index >= 15 is 0 Å². The summed E-state index contributed by atoms with van der Waals surface area (Å²) in [6.07, 6.45) is 6.49. The highest BCUT2D eigenvalue weighted by Gasteiger charge is 2.29. The van der Waals surface area contributed by atoms with Crippen molar-refractivity contribution in [2.45, 2.75) is 65.1 Å². The standard InChI is InChI=1S/C21H19N3O.C20H17N3O2.ClH/c1-21(2)11-10-19-23-18-13-15(6-8-16-5-3-4-12-22-16)7-9-17(18)20(25)24(19)14-21;1-20(25)10-9-18-22-17-12-14(5-7-15-4-2-3-11-21-15)6-8-16(17)19(24)23(18)13-20;/h3-5,7,9,12-13H,10-11,14H2,1-2H3;2-4,6,8,11-12,25H,9-10,13H2,1H3;1H. The van der Waals surface area contributed by atoms with Gasteiger partial charge in [-0.2, -0.15) is 0 Å². The second kappa shape index (κ2) is 14.3. The summed E-state index contributed by atoms with van der Waals surface area (Å²) < 4.78 is 3.43. The molecule has 0 spiro atoms. The first kappa shape index (κ1) is 35.2. The van der Waals surface area contributed by atoms with E-state index in [1.54, 1.807) is 30.0 Å². The van der Waals surface area contributed by atoms with Crippen molar-refractivity contribution in [3.8, 4) is 23.7 Å². The molecule has 1 atom stereocenters. The largest absolute Gasteiger partial charge is 0.388 e. The number of nitrogens with zero attached hydrogens (tertiary/aromatic N) is 6. The molecule has 8 rings (SSSR count). The summed E-state index contributed by atoms with van der Waals surface area (Å²) in [4.78, 5) is 43.3. The number of benzene rings is 2. The molecule has 4 aromatic heterocycles. The molecular weight excluding hydrogens is 660 g/mol. The SMILES string of the molecule is CC1(C)CCc2nc3cc(C#Cc4ccccn4)ccc3c(=O)n2C1.CC1(O)CCc2nc3cc(C#Cc4ccccn4)ccc3c(=O)n2C1.Cl. The van der Waals surface area contributed by atoms with Crippen LogP contribution in [-0.4, -0.2) is 39.8 Å². The van der Waals surface area contributed by atoms with Gasteiger partial charge < -0.3 is 5.11 Å². The van der Waals surface area contributed by atoms with E-state index in [-0.39, 0.29) is 35.5 Å². The Hall–Kier alpha value is -5.61. The Morgan fingerprint density at radius 1 is 0.647 bits per heavy atom. The molecule has 1 N–H and O–H groups in total. The number of halogens is 1. The maximum atomic E-state index is 12.8. The van der Waals surface area contributed by atoms with Crippen molar-refractivity contribution >= 4 is 34.2 Å². The van der Waals surface area contributed by atoms with Gasteiger partial charge in [-0.25, -0.2) is 19.9 Å². The fraction of sp³-hybridized carbons (Fsp3) is 0.268. The van der Waals surface area contributed by atoms with Crippen LogP contribution in [0.3, 0.4) is 0 Å². The van der Waals surface area contributed by atoms with Crippen LogP contribution in [0.2, 0.25) is 0 Å². The number of aliphatic hydroxyl groups is 1. The predicted molar refractivity (Wildman–Crippen MR) is 201 cm³/mol. The summed E-state index contributed by atoms with van der Waals surface area (Å²) in [5.74, 6) is 13.8. The molecule has 10 heteroatoms. The maximum absolute atomic E-state index is 12.8. The van der Waals surface area contributed by atoms with E-state index in [9.17, 15) is 14.7 Å². The summed E-state index contributed by atoms with van der Waals surface area (Å²) >= 11 is 0. The summed E-state index contributed by atoms with van der Waals surface area (Å²) in [6, 6.07) is 22.2. The van der Waals surface area contributed by atoms with E-state index in [1.807, 2.05) is 71.3 Å². The fourth-order valence-corrected chi connectivity index (χ4v) is 6.30. The molecule has 2 aliphatic rings. The van der Waals surface area contributed by atoms with Crippen molar-refractivity contribution in [1.29, 1.82) is 0 Å². The van der Waals surface area contributed by atoms with E-state index in [1.165, 1.54) is 0 Å². The number of rotatable bonds is 0. The highest BCUT2D eigenvalue weighted by Crippen LogP contribution is 2.29. The summed E-state index contributed by atoms with van der Waals surface area (Å²) in [5, 5.41) is 11.4. The quantitative estimate of drug-likeness (QED) is 0.209. The van der Waals surface area contributed by atoms with Crippen LogP contribution in [0.15, 0.2) is 94.8 Å². The molecule has 2 aliphatic heterocycles. The van der Waals surface area contributed by atoms with Gasteiger partial charge in [0.15, 0.2) is 0 Å². The van der Waals surface area contributed by atoms with E-state index in [2.05, 4.69) is 52.5 Å². The van der Waals surface area contributed by atoms with E-state index in [0.29, 0.717) is 34.8 Å². The Morgan fingerprint density at radius 3 is 1.63 bits per heavy atom. The van der Waals surface area contributed by atoms with Gasteiger partial charge in [0, 0.05) is 42.9 Å². The van der Waals surface area contributed by atoms with Gasteiger partial charge in [0.25, 0.3) is 11.1 Å². The second-order valence-corrected chi connectivity index (χ2v) is 13.9. The normalized spacial score (nSPS) is 16.9. The van der Waals surface area contributed by atoms with Crippen molar-refractivity contribution in [2.24, 2.45) is 5.41 Å². The zero-order valence-corrected chi connectivity index (χ0v) is 29.5. The maximum Gasteiger partial charge on any atom is 0.261 e. The topological polar surface area (TPSA) is 116 Å². The highest BCUT2D eigenvalue weighted by molar-refractivity contribution is 5.85. The van der Waals surface area contributed by atoms with Crippen LogP contribution in [0, 0.1) is 29.1 Å². The van der Waals surface area contributed by atoms with Crippen LogP contribution < -0.4 is 11.1 Å². The van der Waals surface area contributed by atoms with Gasteiger partial charge in [-0.15, -0.1) is 12.4 Å². The van der Waals surface area contributed by atoms with Crippen LogP contribution in [0.1, 0.15) is 67.8 Å². The molecule has 2 aromatic carbocycles. The minimum atomic E-state index is -0.861. The smallest absolute Gasteiger partial charge is 0.261 e. The molecule has 6 aromatic rings. The summed E-state index contributed by atoms with van der Waals surface area (Å²) in [5.41, 5.74) is 3.65. The van der Waals surface area contributed by atoms with Crippen LogP contribution in [-0.2, 0) is 25.9 Å². The monoisotopic (exact) mass is 696 g/mol. The number of pyridine rings is 2. The van der Waals surface area contributed by atoms with Crippen LogP contribution >= 0.6 is 12.4 Å². The first-order valence-corrected chi connectivity index (χ1v) is 16.7. The molecule has 0 aliphatic carbocycles. The molecule has 51 heavy (non-hydrogen) atoms. The van der Waals surface area contributed by atoms with Crippen molar-refractivity contribution < 1.29 is 5.11 Å². The lowest BCUT2D eigenvalue weighted by Gasteiger charge is -2.31. The van der Waals surface area contributed by atoms with Gasteiger partial charge in [0.1, 0.15) is 23.0 Å². The average Bonchev–Trinajstić information content (AvgIpc) is 3.11. The lowest BCUT2D eigenvalue weighted by atomic mass is 9.85. The molecule has 0 amide bonds. The lowest BCUT2D eigenvalue weighted by Crippen LogP contribution is -2.42. The van der Waals surface area contributed by atoms with Gasteiger partial charge in [-0.1, -0.05) is 37.8 Å². The van der Waals surface area contributed by atoms with Gasteiger partial charge in [-0.3, -0.25) is 18.7 Å². The van der Waals surface area contributed by atoms with Crippen LogP contribution in [0.25, 0.3) is 21.8 Å². The number of hydrogen-bond donors (Lipinski definition) is 1. The Morgan fingerprint density at radius 2 is 1.14 bits per heavy atom.